The Morgan fingerprint density at radius 1 is 1.75 bits per heavy atom. The Morgan fingerprint density at radius 2 is 2.50 bits per heavy atom. The van der Waals surface area contributed by atoms with Crippen molar-refractivity contribution in [2.24, 2.45) is 0 Å². The highest BCUT2D eigenvalue weighted by Crippen LogP contribution is 2.02. The van der Waals surface area contributed by atoms with Crippen molar-refractivity contribution in [2.45, 2.75) is 0 Å². The average Bonchev–Trinajstić information content (AvgIpc) is 1.64. The second-order valence-corrected chi connectivity index (χ2v) is 1.95. The van der Waals surface area contributed by atoms with E-state index in [2.05, 4.69) is 27.0 Å². The summed E-state index contributed by atoms with van der Waals surface area (Å²) in [6, 6.07) is 5.34. The molecule has 1 radical (unpaired) electrons. The predicted octanol–water partition coefficient (Wildman–Crippen LogP) is 1.78. The molecule has 0 atom stereocenters. The molecule has 1 aromatic rings. The van der Waals surface area contributed by atoms with Gasteiger partial charge < -0.3 is 0 Å². The fourth-order valence-corrected chi connectivity index (χ4v) is 0.644. The minimum Gasteiger partial charge on any atom is -0.212 e. The van der Waals surface area contributed by atoms with Gasteiger partial charge in [-0.1, -0.05) is 0 Å². The highest BCUT2D eigenvalue weighted by atomic mass is 79.9. The number of rotatable bonds is 0. The zero-order chi connectivity index (χ0) is 5.98. The van der Waals surface area contributed by atoms with E-state index >= 15 is 0 Å². The summed E-state index contributed by atoms with van der Waals surface area (Å²) in [6.45, 7) is 0. The molecule has 8 heavy (non-hydrogen) atoms. The van der Waals surface area contributed by atoms with Crippen LogP contribution in [0.5, 0.6) is 0 Å². The van der Waals surface area contributed by atoms with Crippen LogP contribution in [0.1, 0.15) is 0 Å². The van der Waals surface area contributed by atoms with Crippen molar-refractivity contribution in [1.29, 1.82) is 0 Å². The van der Waals surface area contributed by atoms with Crippen LogP contribution in [0.2, 0.25) is 0 Å². The molecule has 1 aromatic heterocycles. The zero-order valence-corrected chi connectivity index (χ0v) is 5.44. The van der Waals surface area contributed by atoms with Gasteiger partial charge in [0.1, 0.15) is 4.60 Å². The summed E-state index contributed by atoms with van der Waals surface area (Å²) >= 11 is 2.96. The van der Waals surface area contributed by atoms with Crippen molar-refractivity contribution in [2.75, 3.05) is 0 Å². The van der Waals surface area contributed by atoms with E-state index in [0.29, 0.717) is 4.60 Å². The molecule has 0 fully saturated rings. The fraction of sp³-hybridized carbons (Fsp3) is 0. The number of nitrogens with zero attached hydrogens (tertiary/aromatic N) is 1. The van der Waals surface area contributed by atoms with Crippen LogP contribution in [0.4, 0.5) is 4.39 Å². The SMILES string of the molecule is Fc1cc[c]c(Br)n1. The maximum Gasteiger partial charge on any atom is 0.213 e. The molecule has 0 amide bonds. The largest absolute Gasteiger partial charge is 0.213 e. The Labute approximate surface area is 54.7 Å². The monoisotopic (exact) mass is 174 g/mol. The van der Waals surface area contributed by atoms with Gasteiger partial charge in [-0.2, -0.15) is 4.39 Å². The van der Waals surface area contributed by atoms with Crippen LogP contribution in [-0.4, -0.2) is 4.98 Å². The first-order valence-corrected chi connectivity index (χ1v) is 2.78. The molecule has 0 N–H and O–H groups in total. The molecular formula is C5H2BrFN. The Morgan fingerprint density at radius 3 is 2.88 bits per heavy atom. The lowest BCUT2D eigenvalue weighted by Crippen LogP contribution is -1.79. The van der Waals surface area contributed by atoms with Gasteiger partial charge in [0.05, 0.1) is 0 Å². The van der Waals surface area contributed by atoms with Gasteiger partial charge in [-0.25, -0.2) is 4.98 Å². The van der Waals surface area contributed by atoms with Crippen LogP contribution in [0.15, 0.2) is 16.7 Å². The van der Waals surface area contributed by atoms with E-state index in [1.807, 2.05) is 0 Å². The van der Waals surface area contributed by atoms with Gasteiger partial charge in [-0.3, -0.25) is 0 Å². The number of hydrogen-bond acceptors (Lipinski definition) is 1. The van der Waals surface area contributed by atoms with E-state index in [0.717, 1.165) is 0 Å². The van der Waals surface area contributed by atoms with Crippen molar-refractivity contribution in [3.63, 3.8) is 0 Å². The lowest BCUT2D eigenvalue weighted by atomic mass is 10.5. The third-order valence-corrected chi connectivity index (χ3v) is 1.03. The van der Waals surface area contributed by atoms with Gasteiger partial charge in [-0.15, -0.1) is 0 Å². The fourth-order valence-electron chi connectivity index (χ4n) is 0.343. The number of pyridine rings is 1. The summed E-state index contributed by atoms with van der Waals surface area (Å²) in [4.78, 5) is 3.37. The van der Waals surface area contributed by atoms with Gasteiger partial charge >= 0.3 is 0 Å². The van der Waals surface area contributed by atoms with Crippen LogP contribution in [0.3, 0.4) is 0 Å². The van der Waals surface area contributed by atoms with Crippen LogP contribution < -0.4 is 0 Å². The van der Waals surface area contributed by atoms with E-state index in [9.17, 15) is 4.39 Å². The summed E-state index contributed by atoms with van der Waals surface area (Å²) in [5.74, 6) is -0.490. The van der Waals surface area contributed by atoms with Crippen LogP contribution in [0, 0.1) is 12.0 Å². The maximum atomic E-state index is 12.0. The van der Waals surface area contributed by atoms with Gasteiger partial charge in [-0.05, 0) is 28.1 Å². The molecular weight excluding hydrogens is 173 g/mol. The van der Waals surface area contributed by atoms with Crippen LogP contribution >= 0.6 is 15.9 Å². The lowest BCUT2D eigenvalue weighted by Gasteiger charge is -1.84. The Kier molecular flexibility index (Phi) is 1.58. The minimum atomic E-state index is -0.490. The summed E-state index contributed by atoms with van der Waals surface area (Å²) in [7, 11) is 0. The standard InChI is InChI=1S/C5H2BrFN/c6-4-2-1-3-5(7)8-4/h1,3H. The molecule has 1 nitrogen and oxygen atoms in total. The van der Waals surface area contributed by atoms with Crippen molar-refractivity contribution < 1.29 is 4.39 Å². The minimum absolute atomic E-state index is 0.400. The first kappa shape index (κ1) is 5.69. The van der Waals surface area contributed by atoms with E-state index in [-0.39, 0.29) is 0 Å². The normalized spacial score (nSPS) is 9.25. The molecule has 41 valence electrons. The van der Waals surface area contributed by atoms with Crippen LogP contribution in [-0.2, 0) is 0 Å². The molecule has 0 saturated carbocycles. The topological polar surface area (TPSA) is 12.9 Å². The van der Waals surface area contributed by atoms with Crippen molar-refractivity contribution >= 4 is 15.9 Å². The smallest absolute Gasteiger partial charge is 0.212 e. The first-order valence-electron chi connectivity index (χ1n) is 1.99. The molecule has 0 unspecified atom stereocenters. The van der Waals surface area contributed by atoms with E-state index in [4.69, 9.17) is 0 Å². The third-order valence-electron chi connectivity index (χ3n) is 0.628. The first-order chi connectivity index (χ1) is 3.79. The van der Waals surface area contributed by atoms with E-state index in [1.54, 1.807) is 0 Å². The number of aromatic nitrogens is 1. The van der Waals surface area contributed by atoms with Crippen molar-refractivity contribution in [1.82, 2.24) is 4.98 Å². The molecule has 0 aliphatic heterocycles. The molecule has 0 aliphatic rings. The highest BCUT2D eigenvalue weighted by molar-refractivity contribution is 9.10. The Balaban J connectivity index is 3.08. The second-order valence-electron chi connectivity index (χ2n) is 1.20. The quantitative estimate of drug-likeness (QED) is 0.547. The summed E-state index contributed by atoms with van der Waals surface area (Å²) < 4.78 is 12.4. The van der Waals surface area contributed by atoms with Gasteiger partial charge in [0.2, 0.25) is 5.95 Å². The zero-order valence-electron chi connectivity index (χ0n) is 3.86. The number of halogens is 2. The highest BCUT2D eigenvalue weighted by Gasteiger charge is 1.88. The maximum absolute atomic E-state index is 12.0. The lowest BCUT2D eigenvalue weighted by molar-refractivity contribution is 0.581. The molecule has 0 bridgehead atoms. The van der Waals surface area contributed by atoms with Crippen LogP contribution in [0.25, 0.3) is 0 Å². The predicted molar refractivity (Wildman–Crippen MR) is 30.7 cm³/mol. The van der Waals surface area contributed by atoms with Gasteiger partial charge in [0.25, 0.3) is 0 Å². The molecule has 1 heterocycles. The summed E-state index contributed by atoms with van der Waals surface area (Å²) in [5.41, 5.74) is 0. The Bertz CT molecular complexity index is 172. The number of hydrogen-bond donors (Lipinski definition) is 0. The third kappa shape index (κ3) is 1.26. The summed E-state index contributed by atoms with van der Waals surface area (Å²) in [6.07, 6.45) is 0. The average molecular weight is 175 g/mol. The summed E-state index contributed by atoms with van der Waals surface area (Å²) in [5, 5.41) is 0. The van der Waals surface area contributed by atoms with Gasteiger partial charge in [0, 0.05) is 6.07 Å². The second kappa shape index (κ2) is 2.22. The van der Waals surface area contributed by atoms with Crippen molar-refractivity contribution in [3.05, 3.63) is 28.7 Å². The molecule has 0 spiro atoms. The molecule has 0 saturated heterocycles. The molecule has 3 heteroatoms. The van der Waals surface area contributed by atoms with E-state index < -0.39 is 5.95 Å². The van der Waals surface area contributed by atoms with Crippen molar-refractivity contribution in [3.8, 4) is 0 Å². The van der Waals surface area contributed by atoms with E-state index in [1.165, 1.54) is 12.1 Å². The molecule has 0 aliphatic carbocycles. The molecule has 1 rings (SSSR count). The van der Waals surface area contributed by atoms with Gasteiger partial charge in [0.15, 0.2) is 0 Å². The molecule has 0 aromatic carbocycles. The Hall–Kier alpha value is -0.440.